The van der Waals surface area contributed by atoms with Gasteiger partial charge in [0.25, 0.3) is 5.91 Å². The van der Waals surface area contributed by atoms with E-state index in [1.807, 2.05) is 0 Å². The summed E-state index contributed by atoms with van der Waals surface area (Å²) in [6.45, 7) is 0.754. The zero-order valence-electron chi connectivity index (χ0n) is 17.6. The second-order valence-corrected chi connectivity index (χ2v) is 6.58. The number of hydrazone groups is 1. The van der Waals surface area contributed by atoms with Crippen molar-refractivity contribution < 1.29 is 28.2 Å². The summed E-state index contributed by atoms with van der Waals surface area (Å²) in [7, 11) is 1.57. The summed E-state index contributed by atoms with van der Waals surface area (Å²) in [5.74, 6) is -1.23. The van der Waals surface area contributed by atoms with Crippen LogP contribution in [0.15, 0.2) is 53.6 Å². The second kappa shape index (κ2) is 13.5. The summed E-state index contributed by atoms with van der Waals surface area (Å²) in [5.41, 5.74) is 3.43. The highest BCUT2D eigenvalue weighted by molar-refractivity contribution is 5.97. The van der Waals surface area contributed by atoms with Crippen molar-refractivity contribution in [2.24, 2.45) is 5.10 Å². The van der Waals surface area contributed by atoms with Gasteiger partial charge in [0.05, 0.1) is 6.21 Å². The Morgan fingerprint density at radius 1 is 1.00 bits per heavy atom. The molecule has 0 atom stereocenters. The van der Waals surface area contributed by atoms with E-state index in [-0.39, 0.29) is 24.8 Å². The molecule has 170 valence electrons. The Morgan fingerprint density at radius 3 is 2.41 bits per heavy atom. The van der Waals surface area contributed by atoms with Gasteiger partial charge in [-0.25, -0.2) is 9.82 Å². The molecule has 9 nitrogen and oxygen atoms in total. The number of ether oxygens (including phenoxy) is 2. The number of benzene rings is 2. The molecule has 0 aliphatic rings. The molecule has 0 radical (unpaired) electrons. The summed E-state index contributed by atoms with van der Waals surface area (Å²) in [6, 6.07) is 12.1. The van der Waals surface area contributed by atoms with Crippen LogP contribution in [0.3, 0.4) is 0 Å². The van der Waals surface area contributed by atoms with E-state index in [0.717, 1.165) is 0 Å². The maximum Gasteiger partial charge on any atom is 0.262 e. The Hall–Kier alpha value is -3.79. The maximum atomic E-state index is 12.9. The predicted octanol–water partition coefficient (Wildman–Crippen LogP) is 1.84. The van der Waals surface area contributed by atoms with E-state index in [4.69, 9.17) is 9.47 Å². The lowest BCUT2D eigenvalue weighted by molar-refractivity contribution is -0.129. The predicted molar refractivity (Wildman–Crippen MR) is 117 cm³/mol. The van der Waals surface area contributed by atoms with Gasteiger partial charge >= 0.3 is 0 Å². The fourth-order valence-electron chi connectivity index (χ4n) is 2.40. The van der Waals surface area contributed by atoms with E-state index in [9.17, 15) is 18.8 Å². The maximum absolute atomic E-state index is 12.9. The molecule has 0 bridgehead atoms. The van der Waals surface area contributed by atoms with Crippen molar-refractivity contribution in [3.8, 4) is 5.75 Å². The fraction of sp³-hybridized carbons (Fsp3) is 0.273. The number of hydrogen-bond donors (Lipinski definition) is 3. The van der Waals surface area contributed by atoms with E-state index >= 15 is 0 Å². The molecule has 0 fully saturated rings. The van der Waals surface area contributed by atoms with Gasteiger partial charge in [0.15, 0.2) is 6.61 Å². The third-order valence-corrected chi connectivity index (χ3v) is 3.95. The molecule has 2 rings (SSSR count). The second-order valence-electron chi connectivity index (χ2n) is 6.58. The number of hydrogen-bond acceptors (Lipinski definition) is 6. The largest absolute Gasteiger partial charge is 0.484 e. The lowest BCUT2D eigenvalue weighted by atomic mass is 10.2. The van der Waals surface area contributed by atoms with Crippen molar-refractivity contribution in [3.05, 3.63) is 59.9 Å². The van der Waals surface area contributed by atoms with Crippen molar-refractivity contribution >= 4 is 29.6 Å². The molecule has 0 heterocycles. The van der Waals surface area contributed by atoms with Crippen LogP contribution in [-0.2, 0) is 19.1 Å². The number of methoxy groups -OCH3 is 1. The standard InChI is InChI=1S/C22H25FN4O5/c1-31-12-2-11-24-20(28)13-21(29)27-25-14-16-3-9-19(10-4-16)32-15-22(30)26-18-7-5-17(23)6-8-18/h3-10,14H,2,11-13,15H2,1H3,(H,24,28)(H,26,30)(H,27,29)/b25-14+. The van der Waals surface area contributed by atoms with Crippen LogP contribution in [0.5, 0.6) is 5.75 Å². The molecule has 0 saturated heterocycles. The number of nitrogens with zero attached hydrogens (tertiary/aromatic N) is 1. The van der Waals surface area contributed by atoms with Crippen molar-refractivity contribution in [2.45, 2.75) is 12.8 Å². The van der Waals surface area contributed by atoms with Gasteiger partial charge in [-0.2, -0.15) is 5.10 Å². The number of halogens is 1. The highest BCUT2D eigenvalue weighted by Gasteiger charge is 2.08. The molecule has 3 amide bonds. The van der Waals surface area contributed by atoms with E-state index in [2.05, 4.69) is 21.2 Å². The highest BCUT2D eigenvalue weighted by Crippen LogP contribution is 2.12. The first-order chi connectivity index (χ1) is 15.5. The number of rotatable bonds is 12. The topological polar surface area (TPSA) is 118 Å². The molecule has 32 heavy (non-hydrogen) atoms. The summed E-state index contributed by atoms with van der Waals surface area (Å²) in [4.78, 5) is 35.2. The molecule has 2 aromatic carbocycles. The number of amides is 3. The number of anilines is 1. The van der Waals surface area contributed by atoms with Gasteiger partial charge in [-0.1, -0.05) is 0 Å². The third kappa shape index (κ3) is 9.81. The Morgan fingerprint density at radius 2 is 1.72 bits per heavy atom. The van der Waals surface area contributed by atoms with E-state index in [0.29, 0.717) is 36.6 Å². The van der Waals surface area contributed by atoms with Crippen molar-refractivity contribution in [3.63, 3.8) is 0 Å². The lowest BCUT2D eigenvalue weighted by Gasteiger charge is -2.07. The van der Waals surface area contributed by atoms with Crippen LogP contribution in [0.1, 0.15) is 18.4 Å². The first-order valence-corrected chi connectivity index (χ1v) is 9.82. The Balaban J connectivity index is 1.68. The summed E-state index contributed by atoms with van der Waals surface area (Å²) >= 11 is 0. The molecule has 10 heteroatoms. The minimum Gasteiger partial charge on any atom is -0.484 e. The van der Waals surface area contributed by atoms with Gasteiger partial charge in [-0.05, 0) is 60.5 Å². The smallest absolute Gasteiger partial charge is 0.262 e. The van der Waals surface area contributed by atoms with Gasteiger partial charge in [-0.3, -0.25) is 14.4 Å². The molecule has 0 saturated carbocycles. The SMILES string of the molecule is COCCCNC(=O)CC(=O)N/N=C/c1ccc(OCC(=O)Nc2ccc(F)cc2)cc1. The molecule has 3 N–H and O–H groups in total. The van der Waals surface area contributed by atoms with Gasteiger partial charge in [0.1, 0.15) is 18.0 Å². The Labute approximate surface area is 185 Å². The summed E-state index contributed by atoms with van der Waals surface area (Å²) in [6.07, 6.45) is 1.76. The van der Waals surface area contributed by atoms with Crippen molar-refractivity contribution in [1.82, 2.24) is 10.7 Å². The van der Waals surface area contributed by atoms with Gasteiger partial charge in [0, 0.05) is 25.9 Å². The molecular formula is C22H25FN4O5. The lowest BCUT2D eigenvalue weighted by Crippen LogP contribution is -2.30. The van der Waals surface area contributed by atoms with Crippen LogP contribution < -0.4 is 20.8 Å². The zero-order chi connectivity index (χ0) is 23.2. The van der Waals surface area contributed by atoms with E-state index in [1.54, 1.807) is 31.4 Å². The molecule has 0 aromatic heterocycles. The first kappa shape index (κ1) is 24.5. The molecule has 0 aliphatic carbocycles. The quantitative estimate of drug-likeness (QED) is 0.200. The van der Waals surface area contributed by atoms with Crippen molar-refractivity contribution in [1.29, 1.82) is 0 Å². The fourth-order valence-corrected chi connectivity index (χ4v) is 2.40. The zero-order valence-corrected chi connectivity index (χ0v) is 17.6. The normalized spacial score (nSPS) is 10.6. The highest BCUT2D eigenvalue weighted by atomic mass is 19.1. The third-order valence-electron chi connectivity index (χ3n) is 3.95. The summed E-state index contributed by atoms with van der Waals surface area (Å²) < 4.78 is 23.1. The van der Waals surface area contributed by atoms with E-state index in [1.165, 1.54) is 30.5 Å². The van der Waals surface area contributed by atoms with Crippen molar-refractivity contribution in [2.75, 3.05) is 32.2 Å². The number of nitrogens with one attached hydrogen (secondary N) is 3. The summed E-state index contributed by atoms with van der Waals surface area (Å²) in [5, 5.41) is 9.01. The number of carbonyl (C=O) groups excluding carboxylic acids is 3. The van der Waals surface area contributed by atoms with Crippen LogP contribution in [-0.4, -0.2) is 50.8 Å². The molecular weight excluding hydrogens is 419 g/mol. The van der Waals surface area contributed by atoms with Crippen LogP contribution in [0.4, 0.5) is 10.1 Å². The minimum atomic E-state index is -0.530. The van der Waals surface area contributed by atoms with Crippen LogP contribution in [0, 0.1) is 5.82 Å². The van der Waals surface area contributed by atoms with Crippen LogP contribution in [0.2, 0.25) is 0 Å². The Kier molecular flexibility index (Phi) is 10.3. The van der Waals surface area contributed by atoms with Gasteiger partial charge in [0.2, 0.25) is 11.8 Å². The first-order valence-electron chi connectivity index (χ1n) is 9.82. The van der Waals surface area contributed by atoms with Gasteiger partial charge < -0.3 is 20.1 Å². The molecule has 2 aromatic rings. The van der Waals surface area contributed by atoms with Crippen LogP contribution in [0.25, 0.3) is 0 Å². The molecule has 0 unspecified atom stereocenters. The van der Waals surface area contributed by atoms with Crippen LogP contribution >= 0.6 is 0 Å². The molecule has 0 aliphatic heterocycles. The van der Waals surface area contributed by atoms with Gasteiger partial charge in [-0.15, -0.1) is 0 Å². The average molecular weight is 444 g/mol. The molecule has 0 spiro atoms. The average Bonchev–Trinajstić information content (AvgIpc) is 2.78. The monoisotopic (exact) mass is 444 g/mol. The minimum absolute atomic E-state index is 0.214. The van der Waals surface area contributed by atoms with E-state index < -0.39 is 11.8 Å². The number of carbonyl (C=O) groups is 3. The Bertz CT molecular complexity index is 917.